The van der Waals surface area contributed by atoms with Crippen LogP contribution in [-0.2, 0) is 0 Å². The predicted octanol–water partition coefficient (Wildman–Crippen LogP) is 9.98. The van der Waals surface area contributed by atoms with E-state index in [1.807, 2.05) is 21.1 Å². The van der Waals surface area contributed by atoms with Crippen LogP contribution in [0.4, 0.5) is 0 Å². The van der Waals surface area contributed by atoms with E-state index in [9.17, 15) is 0 Å². The molecule has 0 fully saturated rings. The Labute approximate surface area is 335 Å². The van der Waals surface area contributed by atoms with Gasteiger partial charge in [0.15, 0.2) is 0 Å². The number of terminal acetylenes is 3. The molecule has 0 aromatic heterocycles. The minimum atomic E-state index is 0.537. The third-order valence-electron chi connectivity index (χ3n) is 6.59. The van der Waals surface area contributed by atoms with Crippen LogP contribution in [-0.4, -0.2) is 94.9 Å². The largest absolute Gasteiger partial charge is 0.492 e. The van der Waals surface area contributed by atoms with Gasteiger partial charge in [0.05, 0.1) is 54.5 Å². The first-order valence-corrected chi connectivity index (χ1v) is 18.3. The Hall–Kier alpha value is -2.64. The van der Waals surface area contributed by atoms with E-state index in [1.54, 1.807) is 54.6 Å². The van der Waals surface area contributed by atoms with Crippen LogP contribution in [0.5, 0.6) is 17.2 Å². The molecule has 0 atom stereocenters. The molecule has 0 unspecified atom stereocenters. The second-order valence-electron chi connectivity index (χ2n) is 11.2. The number of hydrogen-bond acceptors (Lipinski definition) is 6. The lowest BCUT2D eigenvalue weighted by molar-refractivity contribution is 0.274. The van der Waals surface area contributed by atoms with Crippen LogP contribution < -0.4 is 14.2 Å². The molecule has 6 nitrogen and oxygen atoms in total. The molecule has 0 spiro atoms. The molecule has 0 heterocycles. The van der Waals surface area contributed by atoms with E-state index in [1.165, 1.54) is 0 Å². The first kappa shape index (κ1) is 46.4. The van der Waals surface area contributed by atoms with Gasteiger partial charge in [0.25, 0.3) is 0 Å². The van der Waals surface area contributed by atoms with E-state index < -0.39 is 0 Å². The lowest BCUT2D eigenvalue weighted by atomic mass is 10.3. The van der Waals surface area contributed by atoms with E-state index in [0.717, 1.165) is 38.9 Å². The molecule has 0 N–H and O–H groups in total. The van der Waals surface area contributed by atoms with Gasteiger partial charge in [0.1, 0.15) is 17.2 Å². The van der Waals surface area contributed by atoms with Crippen molar-refractivity contribution in [2.45, 2.75) is 19.3 Å². The van der Waals surface area contributed by atoms with Gasteiger partial charge in [-0.25, -0.2) is 0 Å². The second-order valence-corrected chi connectivity index (χ2v) is 13.7. The van der Waals surface area contributed by atoms with E-state index in [2.05, 4.69) is 32.5 Å². The molecule has 0 aliphatic carbocycles. The van der Waals surface area contributed by atoms with Gasteiger partial charge in [0, 0.05) is 34.7 Å². The van der Waals surface area contributed by atoms with Gasteiger partial charge < -0.3 is 14.2 Å². The van der Waals surface area contributed by atoms with Gasteiger partial charge in [-0.1, -0.05) is 87.4 Å². The summed E-state index contributed by atoms with van der Waals surface area (Å²) in [6.45, 7) is 6.48. The summed E-state index contributed by atoms with van der Waals surface area (Å²) in [5.41, 5.74) is 0. The predicted molar refractivity (Wildman–Crippen MR) is 219 cm³/mol. The molecule has 0 amide bonds. The monoisotopic (exact) mass is 813 g/mol. The van der Waals surface area contributed by atoms with Gasteiger partial charge in [-0.2, -0.15) is 0 Å². The van der Waals surface area contributed by atoms with Crippen LogP contribution in [0.3, 0.4) is 0 Å². The minimum Gasteiger partial charge on any atom is -0.492 e. The molecule has 0 saturated heterocycles. The standard InChI is InChI=1S/3C13H15Cl2NO/c3*1-3-7-16(2)8-4-9-17-13-6-5-11(14)10-12(13)15/h3*1,5-6,10H,4,7-9H2,2H3. The highest BCUT2D eigenvalue weighted by molar-refractivity contribution is 6.36. The summed E-state index contributed by atoms with van der Waals surface area (Å²) < 4.78 is 16.7. The highest BCUT2D eigenvalue weighted by Gasteiger charge is 2.05. The molecular formula is C39H45Cl6N3O3. The maximum Gasteiger partial charge on any atom is 0.137 e. The molecule has 3 rings (SSSR count). The van der Waals surface area contributed by atoms with Crippen LogP contribution >= 0.6 is 69.6 Å². The Morgan fingerprint density at radius 2 is 0.725 bits per heavy atom. The van der Waals surface area contributed by atoms with Gasteiger partial charge in [-0.3, -0.25) is 14.7 Å². The third-order valence-corrected chi connectivity index (χ3v) is 8.18. The fourth-order valence-corrected chi connectivity index (χ4v) is 5.42. The van der Waals surface area contributed by atoms with E-state index >= 15 is 0 Å². The first-order chi connectivity index (χ1) is 24.4. The smallest absolute Gasteiger partial charge is 0.137 e. The molecular weight excluding hydrogens is 771 g/mol. The second kappa shape index (κ2) is 27.9. The van der Waals surface area contributed by atoms with Crippen molar-refractivity contribution in [3.63, 3.8) is 0 Å². The number of halogens is 6. The Balaban J connectivity index is 0.000000382. The molecule has 3 aromatic rings. The molecule has 0 aliphatic heterocycles. The summed E-state index contributed by atoms with van der Waals surface area (Å²) in [6, 6.07) is 15.6. The fourth-order valence-electron chi connectivity index (χ4n) is 4.03. The highest BCUT2D eigenvalue weighted by Crippen LogP contribution is 2.29. The molecule has 0 radical (unpaired) electrons. The van der Waals surface area contributed by atoms with Gasteiger partial charge in [0.2, 0.25) is 0 Å². The quantitative estimate of drug-likeness (QED) is 0.0941. The summed E-state index contributed by atoms with van der Waals surface area (Å²) in [4.78, 5) is 6.19. The topological polar surface area (TPSA) is 37.4 Å². The summed E-state index contributed by atoms with van der Waals surface area (Å²) >= 11 is 35.3. The highest BCUT2D eigenvalue weighted by atomic mass is 35.5. The van der Waals surface area contributed by atoms with E-state index in [0.29, 0.717) is 86.8 Å². The Morgan fingerprint density at radius 3 is 0.941 bits per heavy atom. The number of nitrogens with zero attached hydrogens (tertiary/aromatic N) is 3. The average Bonchev–Trinajstić information content (AvgIpc) is 3.07. The zero-order valence-electron chi connectivity index (χ0n) is 29.2. The minimum absolute atomic E-state index is 0.537. The number of hydrogen-bond donors (Lipinski definition) is 0. The van der Waals surface area contributed by atoms with Crippen molar-refractivity contribution in [2.24, 2.45) is 0 Å². The molecule has 0 aliphatic rings. The van der Waals surface area contributed by atoms with E-state index in [-0.39, 0.29) is 0 Å². The SMILES string of the molecule is C#CCN(C)CCCOc1ccc(Cl)cc1Cl.C#CCN(C)CCCOc1ccc(Cl)cc1Cl.C#CCN(C)CCCOc1ccc(Cl)cc1Cl. The van der Waals surface area contributed by atoms with Crippen molar-refractivity contribution in [3.05, 3.63) is 84.7 Å². The van der Waals surface area contributed by atoms with Crippen molar-refractivity contribution < 1.29 is 14.2 Å². The molecule has 3 aromatic carbocycles. The molecule has 0 saturated carbocycles. The fraction of sp³-hybridized carbons (Fsp3) is 0.385. The third kappa shape index (κ3) is 22.1. The lowest BCUT2D eigenvalue weighted by Gasteiger charge is -2.13. The van der Waals surface area contributed by atoms with Gasteiger partial charge >= 0.3 is 0 Å². The van der Waals surface area contributed by atoms with Crippen molar-refractivity contribution in [3.8, 4) is 54.3 Å². The summed E-state index contributed by atoms with van der Waals surface area (Å²) in [5.74, 6) is 9.76. The average molecular weight is 817 g/mol. The van der Waals surface area contributed by atoms with Crippen molar-refractivity contribution >= 4 is 69.6 Å². The summed E-state index contributed by atoms with van der Waals surface area (Å²) in [7, 11) is 5.94. The Bertz CT molecular complexity index is 1390. The van der Waals surface area contributed by atoms with Crippen LogP contribution in [0.1, 0.15) is 19.3 Å². The number of ether oxygens (including phenoxy) is 3. The number of benzene rings is 3. The van der Waals surface area contributed by atoms with Gasteiger partial charge in [-0.15, -0.1) is 19.3 Å². The molecule has 51 heavy (non-hydrogen) atoms. The maximum absolute atomic E-state index is 5.97. The lowest BCUT2D eigenvalue weighted by Crippen LogP contribution is -2.21. The van der Waals surface area contributed by atoms with Crippen LogP contribution in [0.15, 0.2) is 54.6 Å². The van der Waals surface area contributed by atoms with Crippen LogP contribution in [0, 0.1) is 37.0 Å². The normalized spacial score (nSPS) is 10.3. The number of rotatable bonds is 18. The van der Waals surface area contributed by atoms with Crippen molar-refractivity contribution in [1.82, 2.24) is 14.7 Å². The summed E-state index contributed by atoms with van der Waals surface area (Å²) in [6.07, 6.45) is 18.3. The summed E-state index contributed by atoms with van der Waals surface area (Å²) in [5, 5.41) is 3.43. The zero-order chi connectivity index (χ0) is 38.0. The Kier molecular flexibility index (Phi) is 25.4. The van der Waals surface area contributed by atoms with Crippen molar-refractivity contribution in [1.29, 1.82) is 0 Å². The molecule has 0 bridgehead atoms. The molecule has 12 heteroatoms. The first-order valence-electron chi connectivity index (χ1n) is 16.0. The Morgan fingerprint density at radius 1 is 0.471 bits per heavy atom. The van der Waals surface area contributed by atoms with Crippen LogP contribution in [0.25, 0.3) is 0 Å². The maximum atomic E-state index is 5.97. The van der Waals surface area contributed by atoms with Crippen LogP contribution in [0.2, 0.25) is 30.1 Å². The van der Waals surface area contributed by atoms with Crippen molar-refractivity contribution in [2.75, 3.05) is 80.2 Å². The zero-order valence-corrected chi connectivity index (χ0v) is 33.8. The van der Waals surface area contributed by atoms with Gasteiger partial charge in [-0.05, 0) is 95.0 Å². The molecule has 276 valence electrons. The van der Waals surface area contributed by atoms with E-state index in [4.69, 9.17) is 103 Å².